The predicted molar refractivity (Wildman–Crippen MR) is 68.3 cm³/mol. The van der Waals surface area contributed by atoms with Crippen molar-refractivity contribution in [3.8, 4) is 6.07 Å². The summed E-state index contributed by atoms with van der Waals surface area (Å²) in [5.74, 6) is 0. The van der Waals surface area contributed by atoms with Crippen molar-refractivity contribution in [1.29, 1.82) is 5.26 Å². The minimum absolute atomic E-state index is 0.106. The van der Waals surface area contributed by atoms with Gasteiger partial charge >= 0.3 is 0 Å². The van der Waals surface area contributed by atoms with E-state index < -0.39 is 4.92 Å². The molecule has 94 valence electrons. The van der Waals surface area contributed by atoms with Crippen LogP contribution >= 0.6 is 0 Å². The van der Waals surface area contributed by atoms with Crippen LogP contribution in [0.4, 0.5) is 11.4 Å². The standard InChI is InChI=1S/C13H15N3O2/c14-9-10-6-7-12(8-13(10)16(17)18)15-11-4-2-1-3-5-11/h6-8,11,15H,1-5H2. The van der Waals surface area contributed by atoms with Crippen molar-refractivity contribution >= 4 is 11.4 Å². The van der Waals surface area contributed by atoms with Crippen molar-refractivity contribution < 1.29 is 4.92 Å². The van der Waals surface area contributed by atoms with E-state index in [-0.39, 0.29) is 11.3 Å². The Balaban J connectivity index is 2.16. The molecule has 1 N–H and O–H groups in total. The van der Waals surface area contributed by atoms with E-state index in [1.807, 2.05) is 6.07 Å². The first kappa shape index (κ1) is 12.4. The third-order valence-corrected chi connectivity index (χ3v) is 3.29. The lowest BCUT2D eigenvalue weighted by atomic mass is 9.95. The van der Waals surface area contributed by atoms with E-state index in [0.717, 1.165) is 18.5 Å². The van der Waals surface area contributed by atoms with Gasteiger partial charge in [0.05, 0.1) is 4.92 Å². The molecule has 0 saturated heterocycles. The van der Waals surface area contributed by atoms with Gasteiger partial charge in [0.15, 0.2) is 0 Å². The number of nitro groups is 1. The van der Waals surface area contributed by atoms with Gasteiger partial charge in [0.2, 0.25) is 0 Å². The molecule has 0 spiro atoms. The van der Waals surface area contributed by atoms with E-state index in [9.17, 15) is 10.1 Å². The molecule has 0 aliphatic heterocycles. The molecule has 1 fully saturated rings. The minimum Gasteiger partial charge on any atom is -0.382 e. The Hall–Kier alpha value is -2.09. The number of hydrogen-bond acceptors (Lipinski definition) is 4. The van der Waals surface area contributed by atoms with Gasteiger partial charge in [0.1, 0.15) is 11.6 Å². The van der Waals surface area contributed by atoms with Gasteiger partial charge in [-0.3, -0.25) is 10.1 Å². The van der Waals surface area contributed by atoms with Crippen LogP contribution in [0, 0.1) is 21.4 Å². The highest BCUT2D eigenvalue weighted by atomic mass is 16.6. The summed E-state index contributed by atoms with van der Waals surface area (Å²) in [6, 6.07) is 6.92. The third-order valence-electron chi connectivity index (χ3n) is 3.29. The largest absolute Gasteiger partial charge is 0.382 e. The Morgan fingerprint density at radius 3 is 2.67 bits per heavy atom. The Morgan fingerprint density at radius 2 is 2.06 bits per heavy atom. The predicted octanol–water partition coefficient (Wildman–Crippen LogP) is 3.21. The third kappa shape index (κ3) is 2.77. The van der Waals surface area contributed by atoms with E-state index in [1.54, 1.807) is 6.07 Å². The summed E-state index contributed by atoms with van der Waals surface area (Å²) in [5, 5.41) is 23.0. The number of anilines is 1. The second kappa shape index (κ2) is 5.50. The first-order valence-corrected chi connectivity index (χ1v) is 6.16. The molecular formula is C13H15N3O2. The number of nitrogens with one attached hydrogen (secondary N) is 1. The van der Waals surface area contributed by atoms with E-state index >= 15 is 0 Å². The number of nitrogens with zero attached hydrogens (tertiary/aromatic N) is 2. The van der Waals surface area contributed by atoms with Crippen LogP contribution in [0.5, 0.6) is 0 Å². The number of benzene rings is 1. The van der Waals surface area contributed by atoms with Crippen LogP contribution in [-0.2, 0) is 0 Å². The smallest absolute Gasteiger partial charge is 0.289 e. The summed E-state index contributed by atoms with van der Waals surface area (Å²) in [6.07, 6.45) is 5.89. The quantitative estimate of drug-likeness (QED) is 0.655. The van der Waals surface area contributed by atoms with Crippen LogP contribution in [0.15, 0.2) is 18.2 Å². The van der Waals surface area contributed by atoms with E-state index in [0.29, 0.717) is 6.04 Å². The van der Waals surface area contributed by atoms with Crippen LogP contribution in [-0.4, -0.2) is 11.0 Å². The summed E-state index contributed by atoms with van der Waals surface area (Å²) in [5.41, 5.74) is 0.708. The molecule has 1 aromatic carbocycles. The zero-order chi connectivity index (χ0) is 13.0. The van der Waals surface area contributed by atoms with E-state index in [1.165, 1.54) is 31.4 Å². The van der Waals surface area contributed by atoms with Gasteiger partial charge < -0.3 is 5.32 Å². The molecule has 0 bridgehead atoms. The van der Waals surface area contributed by atoms with Crippen LogP contribution in [0.1, 0.15) is 37.7 Å². The number of rotatable bonds is 3. The lowest BCUT2D eigenvalue weighted by Crippen LogP contribution is -2.22. The molecule has 0 unspecified atom stereocenters. The van der Waals surface area contributed by atoms with Gasteiger partial charge in [0, 0.05) is 17.8 Å². The highest BCUT2D eigenvalue weighted by molar-refractivity contribution is 5.59. The normalized spacial score (nSPS) is 15.9. The number of hydrogen-bond donors (Lipinski definition) is 1. The molecule has 0 atom stereocenters. The van der Waals surface area contributed by atoms with E-state index in [4.69, 9.17) is 5.26 Å². The van der Waals surface area contributed by atoms with Crippen molar-refractivity contribution in [1.82, 2.24) is 0 Å². The highest BCUT2D eigenvalue weighted by Crippen LogP contribution is 2.26. The maximum absolute atomic E-state index is 10.9. The van der Waals surface area contributed by atoms with Gasteiger partial charge in [-0.2, -0.15) is 5.26 Å². The molecule has 1 aliphatic rings. The highest BCUT2D eigenvalue weighted by Gasteiger charge is 2.17. The molecule has 18 heavy (non-hydrogen) atoms. The van der Waals surface area contributed by atoms with Gasteiger partial charge in [-0.05, 0) is 25.0 Å². The number of nitriles is 1. The molecule has 1 saturated carbocycles. The summed E-state index contributed by atoms with van der Waals surface area (Å²) in [7, 11) is 0. The molecule has 2 rings (SSSR count). The molecule has 0 aromatic heterocycles. The van der Waals surface area contributed by atoms with Gasteiger partial charge in [-0.15, -0.1) is 0 Å². The van der Waals surface area contributed by atoms with Crippen LogP contribution in [0.25, 0.3) is 0 Å². The second-order valence-corrected chi connectivity index (χ2v) is 4.58. The fraction of sp³-hybridized carbons (Fsp3) is 0.462. The number of nitro benzene ring substituents is 1. The second-order valence-electron chi connectivity index (χ2n) is 4.58. The van der Waals surface area contributed by atoms with Crippen LogP contribution in [0.3, 0.4) is 0 Å². The molecular weight excluding hydrogens is 230 g/mol. The minimum atomic E-state index is -0.509. The first-order valence-electron chi connectivity index (χ1n) is 6.16. The summed E-state index contributed by atoms with van der Waals surface area (Å²) >= 11 is 0. The first-order chi connectivity index (χ1) is 8.70. The Bertz CT molecular complexity index is 487. The SMILES string of the molecule is N#Cc1ccc(NC2CCCCC2)cc1[N+](=O)[O-]. The van der Waals surface area contributed by atoms with Gasteiger partial charge in [0.25, 0.3) is 5.69 Å². The molecule has 5 nitrogen and oxygen atoms in total. The molecule has 0 amide bonds. The zero-order valence-corrected chi connectivity index (χ0v) is 10.1. The van der Waals surface area contributed by atoms with Crippen molar-refractivity contribution in [3.63, 3.8) is 0 Å². The molecule has 5 heteroatoms. The lowest BCUT2D eigenvalue weighted by molar-refractivity contribution is -0.385. The van der Waals surface area contributed by atoms with E-state index in [2.05, 4.69) is 5.32 Å². The Labute approximate surface area is 106 Å². The van der Waals surface area contributed by atoms with Gasteiger partial charge in [-0.1, -0.05) is 19.3 Å². The Morgan fingerprint density at radius 1 is 1.33 bits per heavy atom. The fourth-order valence-electron chi connectivity index (χ4n) is 2.35. The topological polar surface area (TPSA) is 79.0 Å². The molecule has 1 aliphatic carbocycles. The zero-order valence-electron chi connectivity index (χ0n) is 10.1. The average molecular weight is 245 g/mol. The lowest BCUT2D eigenvalue weighted by Gasteiger charge is -2.23. The van der Waals surface area contributed by atoms with Crippen molar-refractivity contribution in [2.75, 3.05) is 5.32 Å². The molecule has 1 aromatic rings. The van der Waals surface area contributed by atoms with Crippen LogP contribution in [0.2, 0.25) is 0 Å². The monoisotopic (exact) mass is 245 g/mol. The Kier molecular flexibility index (Phi) is 3.78. The van der Waals surface area contributed by atoms with Crippen LogP contribution < -0.4 is 5.32 Å². The summed E-state index contributed by atoms with van der Waals surface area (Å²) in [4.78, 5) is 10.3. The fourth-order valence-corrected chi connectivity index (χ4v) is 2.35. The maximum atomic E-state index is 10.9. The van der Waals surface area contributed by atoms with Crippen molar-refractivity contribution in [2.45, 2.75) is 38.1 Å². The molecule has 0 heterocycles. The van der Waals surface area contributed by atoms with Crippen molar-refractivity contribution in [2.24, 2.45) is 0 Å². The summed E-state index contributed by atoms with van der Waals surface area (Å²) < 4.78 is 0. The maximum Gasteiger partial charge on any atom is 0.289 e. The molecule has 0 radical (unpaired) electrons. The average Bonchev–Trinajstić information content (AvgIpc) is 2.40. The van der Waals surface area contributed by atoms with Gasteiger partial charge in [-0.25, -0.2) is 0 Å². The van der Waals surface area contributed by atoms with Crippen molar-refractivity contribution in [3.05, 3.63) is 33.9 Å². The summed E-state index contributed by atoms with van der Waals surface area (Å²) in [6.45, 7) is 0.